The Labute approximate surface area is 145 Å². The summed E-state index contributed by atoms with van der Waals surface area (Å²) in [5.41, 5.74) is 1.18. The number of hydrogen-bond acceptors (Lipinski definition) is 4. The molecule has 1 saturated heterocycles. The Morgan fingerprint density at radius 1 is 1.21 bits per heavy atom. The summed E-state index contributed by atoms with van der Waals surface area (Å²) in [6.07, 6.45) is 0.932. The average Bonchev–Trinajstić information content (AvgIpc) is 3.12. The molecule has 3 rings (SSSR count). The largest absolute Gasteiger partial charge is 0.349 e. The van der Waals surface area contributed by atoms with E-state index < -0.39 is 0 Å². The van der Waals surface area contributed by atoms with Crippen molar-refractivity contribution in [2.75, 3.05) is 18.4 Å². The second-order valence-electron chi connectivity index (χ2n) is 6.06. The van der Waals surface area contributed by atoms with Crippen molar-refractivity contribution in [1.82, 2.24) is 10.6 Å². The molecule has 24 heavy (non-hydrogen) atoms. The van der Waals surface area contributed by atoms with E-state index in [0.717, 1.165) is 19.5 Å². The van der Waals surface area contributed by atoms with E-state index in [0.29, 0.717) is 22.0 Å². The number of amides is 2. The monoisotopic (exact) mass is 343 g/mol. The van der Waals surface area contributed by atoms with Gasteiger partial charge < -0.3 is 16.0 Å². The van der Waals surface area contributed by atoms with Crippen LogP contribution in [0.4, 0.5) is 5.69 Å². The summed E-state index contributed by atoms with van der Waals surface area (Å²) in [5, 5.41) is 11.1. The highest BCUT2D eigenvalue weighted by Crippen LogP contribution is 2.16. The lowest BCUT2D eigenvalue weighted by Gasteiger charge is -2.30. The van der Waals surface area contributed by atoms with E-state index in [1.165, 1.54) is 11.3 Å². The second kappa shape index (κ2) is 7.59. The summed E-state index contributed by atoms with van der Waals surface area (Å²) < 4.78 is 0. The molecule has 1 aliphatic rings. The molecule has 6 heteroatoms. The Hall–Kier alpha value is -2.18. The van der Waals surface area contributed by atoms with Crippen LogP contribution in [0.1, 0.15) is 33.4 Å². The van der Waals surface area contributed by atoms with Gasteiger partial charge in [0.1, 0.15) is 0 Å². The summed E-state index contributed by atoms with van der Waals surface area (Å²) in [6.45, 7) is 3.98. The van der Waals surface area contributed by atoms with Gasteiger partial charge in [0.05, 0.1) is 4.88 Å². The summed E-state index contributed by atoms with van der Waals surface area (Å²) in [6, 6.07) is 10.8. The number of carbonyl (C=O) groups excluding carboxylic acids is 2. The van der Waals surface area contributed by atoms with Gasteiger partial charge in [-0.1, -0.05) is 19.1 Å². The first-order valence-corrected chi connectivity index (χ1v) is 8.98. The van der Waals surface area contributed by atoms with E-state index in [1.54, 1.807) is 30.3 Å². The van der Waals surface area contributed by atoms with Crippen LogP contribution in [0.15, 0.2) is 41.8 Å². The molecule has 0 spiro atoms. The quantitative estimate of drug-likeness (QED) is 0.799. The molecule has 0 aliphatic carbocycles. The number of anilines is 1. The highest BCUT2D eigenvalue weighted by Gasteiger charge is 2.23. The third-order valence-corrected chi connectivity index (χ3v) is 5.10. The number of thiophene rings is 1. The standard InChI is InChI=1S/C18H21N3O2S/c1-12-11-19-8-7-15(12)21-17(22)13-4-2-5-14(10-13)20-18(23)16-6-3-9-24-16/h2-6,9-10,12,15,19H,7-8,11H2,1H3,(H,20,23)(H,21,22). The van der Waals surface area contributed by atoms with Crippen LogP contribution in [0.3, 0.4) is 0 Å². The molecule has 126 valence electrons. The maximum absolute atomic E-state index is 12.5. The molecule has 1 aromatic carbocycles. The average molecular weight is 343 g/mol. The van der Waals surface area contributed by atoms with Gasteiger partial charge in [0.25, 0.3) is 11.8 Å². The number of hydrogen-bond donors (Lipinski definition) is 3. The lowest BCUT2D eigenvalue weighted by molar-refractivity contribution is 0.0913. The van der Waals surface area contributed by atoms with Crippen molar-refractivity contribution in [3.63, 3.8) is 0 Å². The van der Waals surface area contributed by atoms with E-state index in [1.807, 2.05) is 11.4 Å². The Balaban J connectivity index is 1.66. The highest BCUT2D eigenvalue weighted by molar-refractivity contribution is 7.12. The molecule has 2 unspecified atom stereocenters. The molecule has 2 heterocycles. The van der Waals surface area contributed by atoms with Gasteiger partial charge in [-0.25, -0.2) is 0 Å². The molecule has 5 nitrogen and oxygen atoms in total. The highest BCUT2D eigenvalue weighted by atomic mass is 32.1. The summed E-state index contributed by atoms with van der Waals surface area (Å²) >= 11 is 1.39. The zero-order valence-corrected chi connectivity index (χ0v) is 14.4. The number of nitrogens with one attached hydrogen (secondary N) is 3. The van der Waals surface area contributed by atoms with Gasteiger partial charge >= 0.3 is 0 Å². The maximum atomic E-state index is 12.5. The minimum absolute atomic E-state index is 0.0963. The Morgan fingerprint density at radius 2 is 2.08 bits per heavy atom. The van der Waals surface area contributed by atoms with Gasteiger partial charge in [0, 0.05) is 17.3 Å². The van der Waals surface area contributed by atoms with Gasteiger partial charge in [0.2, 0.25) is 0 Å². The Kier molecular flexibility index (Phi) is 5.27. The van der Waals surface area contributed by atoms with Crippen LogP contribution >= 0.6 is 11.3 Å². The second-order valence-corrected chi connectivity index (χ2v) is 7.01. The number of benzene rings is 1. The maximum Gasteiger partial charge on any atom is 0.265 e. The fourth-order valence-electron chi connectivity index (χ4n) is 2.82. The normalized spacial score (nSPS) is 20.4. The van der Waals surface area contributed by atoms with Crippen LogP contribution in [-0.2, 0) is 0 Å². The zero-order chi connectivity index (χ0) is 16.9. The van der Waals surface area contributed by atoms with Crippen LogP contribution in [0.2, 0.25) is 0 Å². The van der Waals surface area contributed by atoms with Gasteiger partial charge in [0.15, 0.2) is 0 Å². The molecule has 1 aliphatic heterocycles. The van der Waals surface area contributed by atoms with Crippen molar-refractivity contribution in [2.45, 2.75) is 19.4 Å². The Morgan fingerprint density at radius 3 is 2.83 bits per heavy atom. The van der Waals surface area contributed by atoms with Crippen molar-refractivity contribution in [2.24, 2.45) is 5.92 Å². The molecular weight excluding hydrogens is 322 g/mol. The van der Waals surface area contributed by atoms with Gasteiger partial charge in [-0.2, -0.15) is 0 Å². The molecule has 3 N–H and O–H groups in total. The minimum Gasteiger partial charge on any atom is -0.349 e. The van der Waals surface area contributed by atoms with E-state index >= 15 is 0 Å². The molecular formula is C18H21N3O2S. The molecule has 2 amide bonds. The van der Waals surface area contributed by atoms with Crippen molar-refractivity contribution in [1.29, 1.82) is 0 Å². The third kappa shape index (κ3) is 4.01. The van der Waals surface area contributed by atoms with Crippen molar-refractivity contribution < 1.29 is 9.59 Å². The fraction of sp³-hybridized carbons (Fsp3) is 0.333. The molecule has 2 aromatic rings. The molecule has 1 aromatic heterocycles. The van der Waals surface area contributed by atoms with Crippen LogP contribution in [0.25, 0.3) is 0 Å². The summed E-state index contributed by atoms with van der Waals surface area (Å²) in [4.78, 5) is 25.2. The van der Waals surface area contributed by atoms with Crippen LogP contribution < -0.4 is 16.0 Å². The predicted molar refractivity (Wildman–Crippen MR) is 96.6 cm³/mol. The zero-order valence-electron chi connectivity index (χ0n) is 13.5. The topological polar surface area (TPSA) is 70.2 Å². The summed E-state index contributed by atoms with van der Waals surface area (Å²) in [7, 11) is 0. The van der Waals surface area contributed by atoms with Crippen LogP contribution in [-0.4, -0.2) is 30.9 Å². The number of rotatable bonds is 4. The van der Waals surface area contributed by atoms with Crippen molar-refractivity contribution >= 4 is 28.8 Å². The predicted octanol–water partition coefficient (Wildman–Crippen LogP) is 2.73. The number of carbonyl (C=O) groups is 2. The first-order chi connectivity index (χ1) is 11.6. The smallest absolute Gasteiger partial charge is 0.265 e. The van der Waals surface area contributed by atoms with E-state index in [9.17, 15) is 9.59 Å². The molecule has 2 atom stereocenters. The lowest BCUT2D eigenvalue weighted by Crippen LogP contribution is -2.48. The van der Waals surface area contributed by atoms with E-state index in [2.05, 4.69) is 22.9 Å². The van der Waals surface area contributed by atoms with Crippen LogP contribution in [0, 0.1) is 5.92 Å². The molecule has 1 fully saturated rings. The molecule has 0 bridgehead atoms. The van der Waals surface area contributed by atoms with Crippen LogP contribution in [0.5, 0.6) is 0 Å². The van der Waals surface area contributed by atoms with Gasteiger partial charge in [-0.15, -0.1) is 11.3 Å². The lowest BCUT2D eigenvalue weighted by atomic mass is 9.95. The first kappa shape index (κ1) is 16.7. The van der Waals surface area contributed by atoms with Gasteiger partial charge in [-0.3, -0.25) is 9.59 Å². The summed E-state index contributed by atoms with van der Waals surface area (Å²) in [5.74, 6) is 0.153. The SMILES string of the molecule is CC1CNCCC1NC(=O)c1cccc(NC(=O)c2cccs2)c1. The minimum atomic E-state index is -0.158. The van der Waals surface area contributed by atoms with Crippen molar-refractivity contribution in [3.05, 3.63) is 52.2 Å². The number of piperidine rings is 1. The van der Waals surface area contributed by atoms with E-state index in [-0.39, 0.29) is 17.9 Å². The third-order valence-electron chi connectivity index (χ3n) is 4.23. The van der Waals surface area contributed by atoms with Crippen molar-refractivity contribution in [3.8, 4) is 0 Å². The first-order valence-electron chi connectivity index (χ1n) is 8.10. The fourth-order valence-corrected chi connectivity index (χ4v) is 3.44. The van der Waals surface area contributed by atoms with Gasteiger partial charge in [-0.05, 0) is 55.1 Å². The molecule has 0 saturated carbocycles. The molecule has 0 radical (unpaired) electrons. The Bertz CT molecular complexity index is 715. The van der Waals surface area contributed by atoms with E-state index in [4.69, 9.17) is 0 Å².